The van der Waals surface area contributed by atoms with Gasteiger partial charge in [0.2, 0.25) is 0 Å². The Morgan fingerprint density at radius 3 is 2.93 bits per heavy atom. The Morgan fingerprint density at radius 2 is 2.07 bits per heavy atom. The van der Waals surface area contributed by atoms with Crippen LogP contribution in [-0.4, -0.2) is 42.8 Å². The van der Waals surface area contributed by atoms with Crippen molar-refractivity contribution in [3.63, 3.8) is 0 Å². The number of hydrogen-bond donors (Lipinski definition) is 4. The lowest BCUT2D eigenvalue weighted by Crippen LogP contribution is -2.29. The third kappa shape index (κ3) is 3.52. The van der Waals surface area contributed by atoms with Gasteiger partial charge in [-0.2, -0.15) is 5.10 Å². The van der Waals surface area contributed by atoms with Gasteiger partial charge in [-0.1, -0.05) is 0 Å². The predicted octanol–water partition coefficient (Wildman–Crippen LogP) is 2.34. The van der Waals surface area contributed by atoms with E-state index in [2.05, 4.69) is 47.5 Å². The second-order valence-electron chi connectivity index (χ2n) is 7.24. The van der Waals surface area contributed by atoms with Crippen molar-refractivity contribution >= 4 is 22.7 Å². The van der Waals surface area contributed by atoms with E-state index in [1.165, 1.54) is 0 Å². The number of rotatable bonds is 5. The van der Waals surface area contributed by atoms with Crippen molar-refractivity contribution in [3.05, 3.63) is 48.8 Å². The van der Waals surface area contributed by atoms with Crippen LogP contribution in [0, 0.1) is 0 Å². The third-order valence-corrected chi connectivity index (χ3v) is 5.35. The fraction of sp³-hybridized carbons (Fsp3) is 0.300. The van der Waals surface area contributed by atoms with Crippen LogP contribution in [0.3, 0.4) is 0 Å². The SMILES string of the molecule is Nc1cc(-c2c[nH]c3ncnc(NCc4ccn(C5CCNCC5)n4)c23)ccn1. The molecule has 0 unspecified atom stereocenters. The Labute approximate surface area is 167 Å². The molecule has 0 spiro atoms. The average Bonchev–Trinajstić information content (AvgIpc) is 3.40. The van der Waals surface area contributed by atoms with Gasteiger partial charge in [0.25, 0.3) is 0 Å². The molecule has 0 amide bonds. The molecule has 0 aliphatic carbocycles. The van der Waals surface area contributed by atoms with E-state index in [0.717, 1.165) is 59.6 Å². The van der Waals surface area contributed by atoms with Gasteiger partial charge in [0.05, 0.1) is 23.7 Å². The number of aromatic nitrogens is 6. The number of hydrogen-bond acceptors (Lipinski definition) is 7. The maximum absolute atomic E-state index is 5.86. The molecule has 5 rings (SSSR count). The van der Waals surface area contributed by atoms with Crippen molar-refractivity contribution in [1.82, 2.24) is 35.0 Å². The molecule has 1 aliphatic heterocycles. The van der Waals surface area contributed by atoms with Crippen LogP contribution in [-0.2, 0) is 6.54 Å². The summed E-state index contributed by atoms with van der Waals surface area (Å²) in [5.41, 5.74) is 9.57. The number of anilines is 2. The van der Waals surface area contributed by atoms with Crippen LogP contribution < -0.4 is 16.4 Å². The number of fused-ring (bicyclic) bond motifs is 1. The number of aromatic amines is 1. The number of nitrogens with one attached hydrogen (secondary N) is 3. The topological polar surface area (TPSA) is 122 Å². The molecule has 5 heterocycles. The van der Waals surface area contributed by atoms with E-state index in [1.54, 1.807) is 12.5 Å². The zero-order valence-corrected chi connectivity index (χ0v) is 16.0. The minimum absolute atomic E-state index is 0.476. The molecule has 4 aromatic rings. The Bertz CT molecular complexity index is 1120. The minimum atomic E-state index is 0.476. The summed E-state index contributed by atoms with van der Waals surface area (Å²) < 4.78 is 2.09. The molecule has 5 N–H and O–H groups in total. The number of H-pyrrole nitrogens is 1. The zero-order valence-electron chi connectivity index (χ0n) is 16.0. The third-order valence-electron chi connectivity index (χ3n) is 5.35. The predicted molar refractivity (Wildman–Crippen MR) is 112 cm³/mol. The Hall–Kier alpha value is -3.46. The molecular weight excluding hydrogens is 366 g/mol. The second kappa shape index (κ2) is 7.51. The first kappa shape index (κ1) is 17.6. The average molecular weight is 389 g/mol. The van der Waals surface area contributed by atoms with Gasteiger partial charge in [-0.15, -0.1) is 0 Å². The summed E-state index contributed by atoms with van der Waals surface area (Å²) in [6.07, 6.45) is 9.48. The van der Waals surface area contributed by atoms with E-state index >= 15 is 0 Å². The first-order valence-electron chi connectivity index (χ1n) is 9.80. The van der Waals surface area contributed by atoms with Crippen molar-refractivity contribution in [2.45, 2.75) is 25.4 Å². The zero-order chi connectivity index (χ0) is 19.6. The van der Waals surface area contributed by atoms with Crippen molar-refractivity contribution in [3.8, 4) is 11.1 Å². The summed E-state index contributed by atoms with van der Waals surface area (Å²) in [6.45, 7) is 2.69. The van der Waals surface area contributed by atoms with Gasteiger partial charge in [-0.25, -0.2) is 15.0 Å². The van der Waals surface area contributed by atoms with E-state index in [-0.39, 0.29) is 0 Å². The lowest BCUT2D eigenvalue weighted by atomic mass is 10.1. The van der Waals surface area contributed by atoms with Gasteiger partial charge < -0.3 is 21.4 Å². The lowest BCUT2D eigenvalue weighted by Gasteiger charge is -2.22. The maximum atomic E-state index is 5.86. The van der Waals surface area contributed by atoms with Crippen molar-refractivity contribution in [1.29, 1.82) is 0 Å². The van der Waals surface area contributed by atoms with Crippen molar-refractivity contribution in [2.24, 2.45) is 0 Å². The summed E-state index contributed by atoms with van der Waals surface area (Å²) in [7, 11) is 0. The Kier molecular flexibility index (Phi) is 4.57. The highest BCUT2D eigenvalue weighted by molar-refractivity contribution is 6.01. The number of piperidine rings is 1. The van der Waals surface area contributed by atoms with Crippen LogP contribution in [0.25, 0.3) is 22.2 Å². The van der Waals surface area contributed by atoms with Gasteiger partial charge in [0.1, 0.15) is 23.6 Å². The van der Waals surface area contributed by atoms with Gasteiger partial charge in [0.15, 0.2) is 0 Å². The van der Waals surface area contributed by atoms with Crippen molar-refractivity contribution in [2.75, 3.05) is 24.1 Å². The highest BCUT2D eigenvalue weighted by atomic mass is 15.3. The highest BCUT2D eigenvalue weighted by Crippen LogP contribution is 2.32. The molecule has 0 aromatic carbocycles. The molecule has 0 atom stereocenters. The van der Waals surface area contributed by atoms with Crippen molar-refractivity contribution < 1.29 is 0 Å². The number of nitrogen functional groups attached to an aromatic ring is 1. The van der Waals surface area contributed by atoms with Gasteiger partial charge in [0, 0.05) is 24.2 Å². The molecule has 9 heteroatoms. The van der Waals surface area contributed by atoms with Crippen LogP contribution in [0.4, 0.5) is 11.6 Å². The lowest BCUT2D eigenvalue weighted by molar-refractivity contribution is 0.342. The summed E-state index contributed by atoms with van der Waals surface area (Å²) in [6, 6.07) is 6.31. The summed E-state index contributed by atoms with van der Waals surface area (Å²) in [5, 5.41) is 12.5. The first-order valence-corrected chi connectivity index (χ1v) is 9.80. The van der Waals surface area contributed by atoms with E-state index in [9.17, 15) is 0 Å². The smallest absolute Gasteiger partial charge is 0.143 e. The molecule has 148 valence electrons. The molecule has 0 bridgehead atoms. The fourth-order valence-electron chi connectivity index (χ4n) is 3.86. The van der Waals surface area contributed by atoms with Crippen LogP contribution in [0.2, 0.25) is 0 Å². The monoisotopic (exact) mass is 389 g/mol. The highest BCUT2D eigenvalue weighted by Gasteiger charge is 2.16. The van der Waals surface area contributed by atoms with E-state index < -0.39 is 0 Å². The molecule has 0 saturated carbocycles. The molecular formula is C20H23N9. The van der Waals surface area contributed by atoms with E-state index in [4.69, 9.17) is 10.8 Å². The van der Waals surface area contributed by atoms with Gasteiger partial charge in [-0.05, 0) is 49.7 Å². The normalized spacial score (nSPS) is 15.0. The number of pyridine rings is 1. The molecule has 0 radical (unpaired) electrons. The van der Waals surface area contributed by atoms with E-state index in [1.807, 2.05) is 18.3 Å². The minimum Gasteiger partial charge on any atom is -0.384 e. The van der Waals surface area contributed by atoms with E-state index in [0.29, 0.717) is 18.4 Å². The molecule has 1 saturated heterocycles. The maximum Gasteiger partial charge on any atom is 0.143 e. The molecule has 29 heavy (non-hydrogen) atoms. The quantitative estimate of drug-likeness (QED) is 0.413. The second-order valence-corrected chi connectivity index (χ2v) is 7.24. The summed E-state index contributed by atoms with van der Waals surface area (Å²) in [4.78, 5) is 16.1. The first-order chi connectivity index (χ1) is 14.3. The Morgan fingerprint density at radius 1 is 1.17 bits per heavy atom. The van der Waals surface area contributed by atoms with Crippen LogP contribution >= 0.6 is 0 Å². The standard InChI is InChI=1S/C20H23N9/c21-17-9-13(1-7-23-17)16-11-25-20-18(16)19(26-12-27-20)24-10-14-4-8-29(28-14)15-2-5-22-6-3-15/h1,4,7-9,11-12,15,22H,2-3,5-6,10H2,(H2,21,23)(H2,24,25,26,27). The largest absolute Gasteiger partial charge is 0.384 e. The van der Waals surface area contributed by atoms with Crippen LogP contribution in [0.15, 0.2) is 43.1 Å². The van der Waals surface area contributed by atoms with Crippen LogP contribution in [0.1, 0.15) is 24.6 Å². The fourth-order valence-corrected chi connectivity index (χ4v) is 3.86. The molecule has 1 fully saturated rings. The van der Waals surface area contributed by atoms with Crippen LogP contribution in [0.5, 0.6) is 0 Å². The molecule has 1 aliphatic rings. The summed E-state index contributed by atoms with van der Waals surface area (Å²) in [5.74, 6) is 1.24. The summed E-state index contributed by atoms with van der Waals surface area (Å²) >= 11 is 0. The number of nitrogens with zero attached hydrogens (tertiary/aromatic N) is 5. The molecule has 4 aromatic heterocycles. The van der Waals surface area contributed by atoms with Gasteiger partial charge >= 0.3 is 0 Å². The number of nitrogens with two attached hydrogens (primary N) is 1. The van der Waals surface area contributed by atoms with Gasteiger partial charge in [-0.3, -0.25) is 4.68 Å². The Balaban J connectivity index is 1.40. The molecule has 9 nitrogen and oxygen atoms in total.